The maximum atomic E-state index is 6.42. The molecule has 2 heteroatoms. The average Bonchev–Trinajstić information content (AvgIpc) is 2.97. The molecule has 0 bridgehead atoms. The van der Waals surface area contributed by atoms with Gasteiger partial charge in [-0.15, -0.1) is 0 Å². The van der Waals surface area contributed by atoms with E-state index in [2.05, 4.69) is 81.5 Å². The van der Waals surface area contributed by atoms with Crippen LogP contribution in [0.3, 0.4) is 0 Å². The largest absolute Gasteiger partial charge is 0.456 e. The number of benzene rings is 4. The Morgan fingerprint density at radius 1 is 0.564 bits per heavy atom. The van der Waals surface area contributed by atoms with Gasteiger partial charge in [0.15, 0.2) is 0 Å². The highest BCUT2D eigenvalue weighted by Crippen LogP contribution is 2.37. The molecule has 0 aliphatic heterocycles. The van der Waals surface area contributed by atoms with Crippen molar-refractivity contribution in [2.24, 2.45) is 0 Å². The Balaban J connectivity index is 1.63. The van der Waals surface area contributed by atoms with Gasteiger partial charge < -0.3 is 9.47 Å². The van der Waals surface area contributed by atoms with Gasteiger partial charge in [-0.2, -0.15) is 0 Å². The fourth-order valence-corrected chi connectivity index (χ4v) is 5.07. The first-order valence-corrected chi connectivity index (χ1v) is 14.2. The summed E-state index contributed by atoms with van der Waals surface area (Å²) in [4.78, 5) is 0. The summed E-state index contributed by atoms with van der Waals surface area (Å²) in [6, 6.07) is 29.7. The van der Waals surface area contributed by atoms with Gasteiger partial charge in [-0.1, -0.05) is 106 Å². The monoisotopic (exact) mass is 516 g/mol. The average molecular weight is 517 g/mol. The summed E-state index contributed by atoms with van der Waals surface area (Å²) in [7, 11) is 0. The van der Waals surface area contributed by atoms with Gasteiger partial charge >= 0.3 is 0 Å². The van der Waals surface area contributed by atoms with Crippen molar-refractivity contribution in [3.63, 3.8) is 0 Å². The quantitative estimate of drug-likeness (QED) is 0.197. The molecule has 2 nitrogen and oxygen atoms in total. The van der Waals surface area contributed by atoms with Crippen LogP contribution in [-0.2, 0) is 12.8 Å². The molecule has 4 rings (SSSR count). The van der Waals surface area contributed by atoms with Crippen molar-refractivity contribution in [2.75, 3.05) is 0 Å². The van der Waals surface area contributed by atoms with E-state index in [0.717, 1.165) is 53.4 Å². The van der Waals surface area contributed by atoms with Crippen LogP contribution in [0, 0.1) is 0 Å². The predicted molar refractivity (Wildman–Crippen MR) is 166 cm³/mol. The molecule has 0 aromatic heterocycles. The smallest absolute Gasteiger partial charge is 0.134 e. The van der Waals surface area contributed by atoms with Crippen molar-refractivity contribution >= 4 is 12.2 Å². The van der Waals surface area contributed by atoms with Crippen LogP contribution in [0.4, 0.5) is 0 Å². The molecule has 200 valence electrons. The summed E-state index contributed by atoms with van der Waals surface area (Å²) < 4.78 is 12.8. The summed E-state index contributed by atoms with van der Waals surface area (Å²) in [5.74, 6) is 3.90. The molecular formula is C37H40O2. The summed E-state index contributed by atoms with van der Waals surface area (Å²) in [5, 5.41) is 0. The molecule has 39 heavy (non-hydrogen) atoms. The minimum absolute atomic E-state index is 0.300. The van der Waals surface area contributed by atoms with Gasteiger partial charge in [-0.3, -0.25) is 0 Å². The second-order valence-corrected chi connectivity index (χ2v) is 9.68. The summed E-state index contributed by atoms with van der Waals surface area (Å²) in [6.07, 6.45) is 11.1. The van der Waals surface area contributed by atoms with E-state index >= 15 is 0 Å². The van der Waals surface area contributed by atoms with E-state index in [1.807, 2.05) is 62.4 Å². The molecule has 0 fully saturated rings. The number of hydrogen-bond acceptors (Lipinski definition) is 2. The molecule has 0 amide bonds. The van der Waals surface area contributed by atoms with Gasteiger partial charge in [0.05, 0.1) is 0 Å². The minimum Gasteiger partial charge on any atom is -0.456 e. The first-order valence-electron chi connectivity index (χ1n) is 14.2. The molecule has 4 aromatic rings. The van der Waals surface area contributed by atoms with Gasteiger partial charge in [0, 0.05) is 17.0 Å². The van der Waals surface area contributed by atoms with Crippen molar-refractivity contribution in [3.8, 4) is 23.0 Å². The third-order valence-corrected chi connectivity index (χ3v) is 7.11. The number of allylic oxidation sites excluding steroid dienone is 2. The molecule has 0 saturated carbocycles. The number of hydrogen-bond donors (Lipinski definition) is 0. The SMILES string of the molecule is CC=Cc1ccccc1Oc1ccc(C(CC)c2ccc(Oc3ccccc3C=CC)c(CC)c2)cc1CC. The standard InChI is InChI=1S/C37H40O2/c1-6-15-29-17-11-13-19-34(29)38-36-23-21-31(25-27(36)8-3)33(10-5)32-22-24-37(28(9-4)26-32)39-35-20-14-12-18-30(35)16-7-2/h6-7,11-26,33H,8-10H2,1-5H3. The molecule has 0 heterocycles. The third kappa shape index (κ3) is 6.70. The second-order valence-electron chi connectivity index (χ2n) is 9.68. The van der Waals surface area contributed by atoms with E-state index < -0.39 is 0 Å². The van der Waals surface area contributed by atoms with E-state index in [9.17, 15) is 0 Å². The van der Waals surface area contributed by atoms with Gasteiger partial charge in [0.2, 0.25) is 0 Å². The van der Waals surface area contributed by atoms with Crippen LogP contribution >= 0.6 is 0 Å². The van der Waals surface area contributed by atoms with E-state index in [4.69, 9.17) is 9.47 Å². The van der Waals surface area contributed by atoms with Crippen LogP contribution in [0.25, 0.3) is 12.2 Å². The van der Waals surface area contributed by atoms with Crippen LogP contribution in [0.2, 0.25) is 0 Å². The van der Waals surface area contributed by atoms with E-state index in [1.54, 1.807) is 0 Å². The lowest BCUT2D eigenvalue weighted by Gasteiger charge is -2.21. The zero-order valence-electron chi connectivity index (χ0n) is 23.9. The maximum Gasteiger partial charge on any atom is 0.134 e. The Bertz CT molecular complexity index is 1330. The Labute approximate surface area is 234 Å². The third-order valence-electron chi connectivity index (χ3n) is 7.11. The Hall–Kier alpha value is -4.04. The van der Waals surface area contributed by atoms with Gasteiger partial charge in [0.1, 0.15) is 23.0 Å². The second kappa shape index (κ2) is 13.7. The predicted octanol–water partition coefficient (Wildman–Crippen LogP) is 11.0. The van der Waals surface area contributed by atoms with Crippen molar-refractivity contribution in [3.05, 3.63) is 130 Å². The fraction of sp³-hybridized carbons (Fsp3) is 0.243. The van der Waals surface area contributed by atoms with Crippen molar-refractivity contribution < 1.29 is 9.47 Å². The molecule has 0 saturated heterocycles. The highest BCUT2D eigenvalue weighted by atomic mass is 16.5. The number of ether oxygens (including phenoxy) is 2. The Morgan fingerprint density at radius 3 is 1.38 bits per heavy atom. The first kappa shape index (κ1) is 28.0. The van der Waals surface area contributed by atoms with Gasteiger partial charge in [-0.05, 0) is 79.6 Å². The first-order chi connectivity index (χ1) is 19.1. The molecular weight excluding hydrogens is 476 g/mol. The molecule has 0 unspecified atom stereocenters. The van der Waals surface area contributed by atoms with Crippen LogP contribution < -0.4 is 9.47 Å². The Morgan fingerprint density at radius 2 is 1.00 bits per heavy atom. The molecule has 4 aromatic carbocycles. The van der Waals surface area contributed by atoms with Gasteiger partial charge in [-0.25, -0.2) is 0 Å². The van der Waals surface area contributed by atoms with Crippen LogP contribution in [0.5, 0.6) is 23.0 Å². The lowest BCUT2D eigenvalue weighted by atomic mass is 9.86. The zero-order chi connectivity index (χ0) is 27.6. The maximum absolute atomic E-state index is 6.42. The molecule has 0 N–H and O–H groups in total. The highest BCUT2D eigenvalue weighted by molar-refractivity contribution is 5.59. The number of aryl methyl sites for hydroxylation is 2. The highest BCUT2D eigenvalue weighted by Gasteiger charge is 2.17. The lowest BCUT2D eigenvalue weighted by Crippen LogP contribution is -2.03. The molecule has 0 atom stereocenters. The van der Waals surface area contributed by atoms with Crippen LogP contribution in [0.15, 0.2) is 97.1 Å². The molecule has 0 aliphatic carbocycles. The van der Waals surface area contributed by atoms with Crippen molar-refractivity contribution in [1.29, 1.82) is 0 Å². The Kier molecular flexibility index (Phi) is 9.80. The normalized spacial score (nSPS) is 12.2. The molecule has 0 aliphatic rings. The van der Waals surface area contributed by atoms with Crippen molar-refractivity contribution in [1.82, 2.24) is 0 Å². The molecule has 0 radical (unpaired) electrons. The fourth-order valence-electron chi connectivity index (χ4n) is 5.07. The number of rotatable bonds is 11. The summed E-state index contributed by atoms with van der Waals surface area (Å²) in [6.45, 7) is 10.7. The van der Waals surface area contributed by atoms with Crippen molar-refractivity contribution in [2.45, 2.75) is 59.8 Å². The van der Waals surface area contributed by atoms with E-state index in [0.29, 0.717) is 5.92 Å². The molecule has 0 spiro atoms. The minimum atomic E-state index is 0.300. The zero-order valence-corrected chi connectivity index (χ0v) is 23.9. The van der Waals surface area contributed by atoms with E-state index in [1.165, 1.54) is 22.3 Å². The number of para-hydroxylation sites is 2. The van der Waals surface area contributed by atoms with Gasteiger partial charge in [0.25, 0.3) is 0 Å². The lowest BCUT2D eigenvalue weighted by molar-refractivity contribution is 0.475. The van der Waals surface area contributed by atoms with Crippen LogP contribution in [-0.4, -0.2) is 0 Å². The summed E-state index contributed by atoms with van der Waals surface area (Å²) in [5.41, 5.74) is 7.24. The van der Waals surface area contributed by atoms with E-state index in [-0.39, 0.29) is 0 Å². The topological polar surface area (TPSA) is 18.5 Å². The summed E-state index contributed by atoms with van der Waals surface area (Å²) >= 11 is 0. The van der Waals surface area contributed by atoms with Crippen LogP contribution in [0.1, 0.15) is 80.3 Å².